The largest absolute Gasteiger partial charge is 0.355 e. The van der Waals surface area contributed by atoms with Crippen LogP contribution in [-0.4, -0.2) is 38.7 Å². The van der Waals surface area contributed by atoms with E-state index in [0.717, 1.165) is 4.68 Å². The summed E-state index contributed by atoms with van der Waals surface area (Å²) in [6.45, 7) is 5.62. The van der Waals surface area contributed by atoms with Crippen molar-refractivity contribution in [3.8, 4) is 11.3 Å². The summed E-state index contributed by atoms with van der Waals surface area (Å²) in [6, 6.07) is 2.87. The zero-order valence-electron chi connectivity index (χ0n) is 13.8. The third-order valence-corrected chi connectivity index (χ3v) is 3.16. The lowest BCUT2D eigenvalue weighted by Gasteiger charge is -2.08. The van der Waals surface area contributed by atoms with Crippen LogP contribution in [-0.2, 0) is 11.3 Å². The van der Waals surface area contributed by atoms with Gasteiger partial charge in [-0.1, -0.05) is 6.58 Å². The third-order valence-electron chi connectivity index (χ3n) is 3.16. The van der Waals surface area contributed by atoms with Gasteiger partial charge in [-0.3, -0.25) is 9.59 Å². The smallest absolute Gasteiger partial charge is 0.267 e. The normalized spacial score (nSPS) is 10.3. The molecule has 0 saturated heterocycles. The molecule has 0 bridgehead atoms. The standard InChI is InChI=1S/C16H19FN6O2/c1-3-18-14(24)10-23-15(25)5-4-13(22-23)12-8-20-16(21-9-12)19-7-6-11(2)17/h4-5,8-9H,2-3,6-7,10H2,1H3,(H,18,24)(H,19,20,21). The van der Waals surface area contributed by atoms with Crippen LogP contribution in [0.15, 0.2) is 41.7 Å². The van der Waals surface area contributed by atoms with Crippen molar-refractivity contribution in [3.05, 3.63) is 47.3 Å². The van der Waals surface area contributed by atoms with Crippen molar-refractivity contribution in [2.45, 2.75) is 19.9 Å². The summed E-state index contributed by atoms with van der Waals surface area (Å²) in [5.41, 5.74) is 0.679. The van der Waals surface area contributed by atoms with Gasteiger partial charge in [0.25, 0.3) is 5.56 Å². The molecule has 0 radical (unpaired) electrons. The molecule has 2 N–H and O–H groups in total. The molecule has 0 saturated carbocycles. The molecule has 2 heterocycles. The molecule has 0 unspecified atom stereocenters. The number of nitrogens with zero attached hydrogens (tertiary/aromatic N) is 4. The number of carbonyl (C=O) groups is 1. The van der Waals surface area contributed by atoms with E-state index in [1.807, 2.05) is 0 Å². The fourth-order valence-corrected chi connectivity index (χ4v) is 1.97. The number of likely N-dealkylation sites (N-methyl/N-ethyl adjacent to an activating group) is 1. The number of halogens is 1. The highest BCUT2D eigenvalue weighted by atomic mass is 19.1. The molecule has 0 aliphatic carbocycles. The molecule has 0 aliphatic heterocycles. The number of nitrogens with one attached hydrogen (secondary N) is 2. The summed E-state index contributed by atoms with van der Waals surface area (Å²) in [7, 11) is 0. The number of hydrogen-bond donors (Lipinski definition) is 2. The molecule has 2 rings (SSSR count). The Hall–Kier alpha value is -3.10. The fraction of sp³-hybridized carbons (Fsp3) is 0.312. The third kappa shape index (κ3) is 5.48. The van der Waals surface area contributed by atoms with Crippen molar-refractivity contribution in [2.24, 2.45) is 0 Å². The Balaban J connectivity index is 2.11. The Bertz CT molecular complexity index is 803. The second-order valence-corrected chi connectivity index (χ2v) is 5.16. The average molecular weight is 346 g/mol. The van der Waals surface area contributed by atoms with E-state index in [4.69, 9.17) is 0 Å². The number of rotatable bonds is 8. The molecule has 0 fully saturated rings. The van der Waals surface area contributed by atoms with Gasteiger partial charge in [-0.05, 0) is 13.0 Å². The predicted molar refractivity (Wildman–Crippen MR) is 91.6 cm³/mol. The number of hydrogen-bond acceptors (Lipinski definition) is 6. The zero-order chi connectivity index (χ0) is 18.2. The molecular weight excluding hydrogens is 327 g/mol. The van der Waals surface area contributed by atoms with Crippen LogP contribution in [0.1, 0.15) is 13.3 Å². The number of amides is 1. The SMILES string of the molecule is C=C(F)CCNc1ncc(-c2ccc(=O)n(CC(=O)NCC)n2)cn1. The molecule has 25 heavy (non-hydrogen) atoms. The lowest BCUT2D eigenvalue weighted by atomic mass is 10.2. The van der Waals surface area contributed by atoms with E-state index in [0.29, 0.717) is 30.3 Å². The Morgan fingerprint density at radius 2 is 2.04 bits per heavy atom. The number of carbonyl (C=O) groups excluding carboxylic acids is 1. The summed E-state index contributed by atoms with van der Waals surface area (Å²) in [4.78, 5) is 31.7. The van der Waals surface area contributed by atoms with Crippen molar-refractivity contribution in [1.29, 1.82) is 0 Å². The van der Waals surface area contributed by atoms with E-state index in [-0.39, 0.29) is 24.4 Å². The van der Waals surface area contributed by atoms with Crippen molar-refractivity contribution < 1.29 is 9.18 Å². The van der Waals surface area contributed by atoms with E-state index >= 15 is 0 Å². The Morgan fingerprint density at radius 3 is 2.68 bits per heavy atom. The summed E-state index contributed by atoms with van der Waals surface area (Å²) in [5, 5.41) is 9.64. The monoisotopic (exact) mass is 346 g/mol. The van der Waals surface area contributed by atoms with Crippen LogP contribution in [0.3, 0.4) is 0 Å². The van der Waals surface area contributed by atoms with E-state index in [2.05, 4.69) is 32.3 Å². The van der Waals surface area contributed by atoms with Gasteiger partial charge in [-0.15, -0.1) is 0 Å². The molecule has 9 heteroatoms. The molecule has 2 aromatic heterocycles. The maximum Gasteiger partial charge on any atom is 0.267 e. The summed E-state index contributed by atoms with van der Waals surface area (Å²) < 4.78 is 13.6. The van der Waals surface area contributed by atoms with Crippen LogP contribution in [0, 0.1) is 0 Å². The first-order chi connectivity index (χ1) is 12.0. The average Bonchev–Trinajstić information content (AvgIpc) is 2.57. The lowest BCUT2D eigenvalue weighted by Crippen LogP contribution is -2.33. The molecule has 0 aliphatic rings. The van der Waals surface area contributed by atoms with Crippen LogP contribution < -0.4 is 16.2 Å². The predicted octanol–water partition coefficient (Wildman–Crippen LogP) is 1.12. The van der Waals surface area contributed by atoms with Gasteiger partial charge >= 0.3 is 0 Å². The zero-order valence-corrected chi connectivity index (χ0v) is 13.8. The molecule has 8 nitrogen and oxygen atoms in total. The Labute approximate surface area is 143 Å². The van der Waals surface area contributed by atoms with E-state index in [1.165, 1.54) is 24.5 Å². The minimum Gasteiger partial charge on any atom is -0.355 e. The highest BCUT2D eigenvalue weighted by Gasteiger charge is 2.08. The van der Waals surface area contributed by atoms with Crippen LogP contribution >= 0.6 is 0 Å². The van der Waals surface area contributed by atoms with E-state index in [1.54, 1.807) is 6.92 Å². The van der Waals surface area contributed by atoms with Gasteiger partial charge < -0.3 is 10.6 Å². The molecule has 0 spiro atoms. The molecule has 1 amide bonds. The van der Waals surface area contributed by atoms with Gasteiger partial charge in [0.15, 0.2) is 0 Å². The second kappa shape index (κ2) is 8.67. The fourth-order valence-electron chi connectivity index (χ4n) is 1.97. The van der Waals surface area contributed by atoms with Gasteiger partial charge in [-0.2, -0.15) is 5.10 Å². The maximum atomic E-state index is 12.6. The second-order valence-electron chi connectivity index (χ2n) is 5.16. The molecule has 0 atom stereocenters. The summed E-state index contributed by atoms with van der Waals surface area (Å²) in [6.07, 6.45) is 3.24. The first-order valence-electron chi connectivity index (χ1n) is 7.74. The van der Waals surface area contributed by atoms with Gasteiger partial charge in [-0.25, -0.2) is 19.0 Å². The summed E-state index contributed by atoms with van der Waals surface area (Å²) >= 11 is 0. The minimum absolute atomic E-state index is 0.159. The first-order valence-corrected chi connectivity index (χ1v) is 7.74. The van der Waals surface area contributed by atoms with Gasteiger partial charge in [0.05, 0.1) is 11.5 Å². The topological polar surface area (TPSA) is 102 Å². The van der Waals surface area contributed by atoms with Crippen molar-refractivity contribution in [1.82, 2.24) is 25.1 Å². The first kappa shape index (κ1) is 18.2. The van der Waals surface area contributed by atoms with Crippen LogP contribution in [0.25, 0.3) is 11.3 Å². The highest BCUT2D eigenvalue weighted by molar-refractivity contribution is 5.75. The minimum atomic E-state index is -0.414. The van der Waals surface area contributed by atoms with Crippen molar-refractivity contribution in [2.75, 3.05) is 18.4 Å². The highest BCUT2D eigenvalue weighted by Crippen LogP contribution is 2.14. The molecular formula is C16H19FN6O2. The Kier molecular flexibility index (Phi) is 6.33. The van der Waals surface area contributed by atoms with Gasteiger partial charge in [0.1, 0.15) is 6.54 Å². The Morgan fingerprint density at radius 1 is 1.32 bits per heavy atom. The molecule has 2 aromatic rings. The molecule has 0 aromatic carbocycles. The van der Waals surface area contributed by atoms with Crippen LogP contribution in [0.2, 0.25) is 0 Å². The van der Waals surface area contributed by atoms with Gasteiger partial charge in [0.2, 0.25) is 11.9 Å². The maximum absolute atomic E-state index is 12.6. The van der Waals surface area contributed by atoms with Crippen molar-refractivity contribution >= 4 is 11.9 Å². The number of anilines is 1. The van der Waals surface area contributed by atoms with E-state index in [9.17, 15) is 14.0 Å². The lowest BCUT2D eigenvalue weighted by molar-refractivity contribution is -0.121. The summed E-state index contributed by atoms with van der Waals surface area (Å²) in [5.74, 6) is -0.358. The quantitative estimate of drug-likeness (QED) is 0.743. The van der Waals surface area contributed by atoms with Gasteiger partial charge in [0, 0.05) is 43.5 Å². The van der Waals surface area contributed by atoms with Crippen LogP contribution in [0.4, 0.5) is 10.3 Å². The molecule has 132 valence electrons. The van der Waals surface area contributed by atoms with Crippen molar-refractivity contribution in [3.63, 3.8) is 0 Å². The number of aromatic nitrogens is 4. The van der Waals surface area contributed by atoms with Crippen LogP contribution in [0.5, 0.6) is 0 Å². The van der Waals surface area contributed by atoms with E-state index < -0.39 is 5.83 Å².